The van der Waals surface area contributed by atoms with Crippen molar-refractivity contribution >= 4 is 17.6 Å². The Hall–Kier alpha value is -2.24. The predicted molar refractivity (Wildman–Crippen MR) is 97.2 cm³/mol. The topological polar surface area (TPSA) is 70.1 Å². The molecular formula is C20H26N2O4. The van der Waals surface area contributed by atoms with Crippen LogP contribution in [-0.2, 0) is 9.59 Å². The average molecular weight is 358 g/mol. The minimum atomic E-state index is -0.785. The van der Waals surface area contributed by atoms with Crippen LogP contribution in [0, 0.1) is 23.7 Å². The van der Waals surface area contributed by atoms with Gasteiger partial charge in [-0.3, -0.25) is 9.59 Å². The molecule has 4 atom stereocenters. The first kappa shape index (κ1) is 17.2. The van der Waals surface area contributed by atoms with Crippen molar-refractivity contribution in [2.45, 2.75) is 19.3 Å². The third-order valence-corrected chi connectivity index (χ3v) is 6.52. The van der Waals surface area contributed by atoms with Gasteiger partial charge in [-0.1, -0.05) is 0 Å². The Morgan fingerprint density at radius 3 is 2.19 bits per heavy atom. The summed E-state index contributed by atoms with van der Waals surface area (Å²) in [5.41, 5.74) is 1.13. The number of hydrogen-bond donors (Lipinski definition) is 1. The highest BCUT2D eigenvalue weighted by Crippen LogP contribution is 2.53. The van der Waals surface area contributed by atoms with E-state index in [0.717, 1.165) is 43.8 Å². The van der Waals surface area contributed by atoms with Crippen molar-refractivity contribution in [1.82, 2.24) is 4.90 Å². The zero-order valence-corrected chi connectivity index (χ0v) is 15.1. The summed E-state index contributed by atoms with van der Waals surface area (Å²) in [6.07, 6.45) is 2.90. The molecular weight excluding hydrogens is 332 g/mol. The first-order chi connectivity index (χ1) is 12.6. The lowest BCUT2D eigenvalue weighted by molar-refractivity contribution is -0.153. The Morgan fingerprint density at radius 1 is 1.00 bits per heavy atom. The highest BCUT2D eigenvalue weighted by atomic mass is 16.5. The molecule has 1 aromatic rings. The summed E-state index contributed by atoms with van der Waals surface area (Å²) < 4.78 is 5.20. The molecule has 3 fully saturated rings. The lowest BCUT2D eigenvalue weighted by Crippen LogP contribution is -2.52. The number of anilines is 1. The number of amides is 1. The van der Waals surface area contributed by atoms with Crippen LogP contribution in [0.5, 0.6) is 5.75 Å². The van der Waals surface area contributed by atoms with Gasteiger partial charge in [-0.05, 0) is 55.4 Å². The number of carbonyl (C=O) groups is 2. The number of carboxylic acids is 1. The molecule has 0 aromatic heterocycles. The average Bonchev–Trinajstić information content (AvgIpc) is 3.29. The molecule has 0 unspecified atom stereocenters. The minimum absolute atomic E-state index is 0.0685. The van der Waals surface area contributed by atoms with Crippen molar-refractivity contribution in [1.29, 1.82) is 0 Å². The first-order valence-electron chi connectivity index (χ1n) is 9.49. The van der Waals surface area contributed by atoms with Gasteiger partial charge in [-0.15, -0.1) is 0 Å². The summed E-state index contributed by atoms with van der Waals surface area (Å²) in [6, 6.07) is 7.96. The molecule has 0 spiro atoms. The molecule has 2 bridgehead atoms. The van der Waals surface area contributed by atoms with Crippen LogP contribution in [0.2, 0.25) is 0 Å². The Balaban J connectivity index is 1.39. The van der Waals surface area contributed by atoms with Crippen LogP contribution in [-0.4, -0.2) is 55.2 Å². The molecule has 1 heterocycles. The Bertz CT molecular complexity index is 682. The second-order valence-electron chi connectivity index (χ2n) is 7.73. The van der Waals surface area contributed by atoms with Gasteiger partial charge in [0.15, 0.2) is 0 Å². The van der Waals surface area contributed by atoms with Crippen molar-refractivity contribution in [2.75, 3.05) is 38.2 Å². The van der Waals surface area contributed by atoms with Crippen LogP contribution in [0.3, 0.4) is 0 Å². The summed E-state index contributed by atoms with van der Waals surface area (Å²) in [4.78, 5) is 28.9. The maximum absolute atomic E-state index is 13.1. The standard InChI is InChI=1S/C20H26N2O4/c1-26-16-6-4-15(5-7-16)21-8-10-22(11-9-21)19(23)17-13-2-3-14(12-13)18(17)20(24)25/h4-7,13-14,17-18H,2-3,8-12H2,1H3,(H,24,25)/t13-,14-,17-,18-/m0/s1. The van der Waals surface area contributed by atoms with Crippen molar-refractivity contribution in [3.05, 3.63) is 24.3 Å². The molecule has 26 heavy (non-hydrogen) atoms. The fraction of sp³-hybridized carbons (Fsp3) is 0.600. The quantitative estimate of drug-likeness (QED) is 0.892. The lowest BCUT2D eigenvalue weighted by Gasteiger charge is -2.39. The molecule has 6 heteroatoms. The third-order valence-electron chi connectivity index (χ3n) is 6.52. The molecule has 1 aliphatic heterocycles. The van der Waals surface area contributed by atoms with Crippen molar-refractivity contribution < 1.29 is 19.4 Å². The van der Waals surface area contributed by atoms with E-state index in [2.05, 4.69) is 4.90 Å². The first-order valence-corrected chi connectivity index (χ1v) is 9.49. The van der Waals surface area contributed by atoms with Crippen molar-refractivity contribution in [2.24, 2.45) is 23.7 Å². The molecule has 3 aliphatic rings. The number of piperazine rings is 1. The number of aliphatic carboxylic acids is 1. The normalized spacial score (nSPS) is 30.5. The second-order valence-corrected chi connectivity index (χ2v) is 7.73. The van der Waals surface area contributed by atoms with Crippen LogP contribution >= 0.6 is 0 Å². The van der Waals surface area contributed by atoms with Crippen LogP contribution in [0.25, 0.3) is 0 Å². The van der Waals surface area contributed by atoms with E-state index in [-0.39, 0.29) is 23.7 Å². The van der Waals surface area contributed by atoms with E-state index in [9.17, 15) is 14.7 Å². The summed E-state index contributed by atoms with van der Waals surface area (Å²) in [6.45, 7) is 2.86. The number of benzene rings is 1. The fourth-order valence-electron chi connectivity index (χ4n) is 5.19. The van der Waals surface area contributed by atoms with Gasteiger partial charge in [-0.25, -0.2) is 0 Å². The van der Waals surface area contributed by atoms with Crippen LogP contribution in [0.1, 0.15) is 19.3 Å². The number of fused-ring (bicyclic) bond motifs is 2. The number of ether oxygens (including phenoxy) is 1. The van der Waals surface area contributed by atoms with E-state index < -0.39 is 11.9 Å². The monoisotopic (exact) mass is 358 g/mol. The van der Waals surface area contributed by atoms with Gasteiger partial charge in [0.05, 0.1) is 18.9 Å². The Morgan fingerprint density at radius 2 is 1.62 bits per heavy atom. The molecule has 140 valence electrons. The summed E-state index contributed by atoms with van der Waals surface area (Å²) in [5.74, 6) is -0.190. The number of methoxy groups -OCH3 is 1. The highest BCUT2D eigenvalue weighted by molar-refractivity contribution is 5.86. The maximum atomic E-state index is 13.1. The van der Waals surface area contributed by atoms with Gasteiger partial charge < -0.3 is 19.6 Å². The number of nitrogens with zero attached hydrogens (tertiary/aromatic N) is 2. The zero-order chi connectivity index (χ0) is 18.3. The molecule has 4 rings (SSSR count). The molecule has 1 aromatic carbocycles. The summed E-state index contributed by atoms with van der Waals surface area (Å²) in [5, 5.41) is 9.60. The van der Waals surface area contributed by atoms with Crippen LogP contribution < -0.4 is 9.64 Å². The second kappa shape index (κ2) is 6.82. The van der Waals surface area contributed by atoms with Gasteiger partial charge in [0.2, 0.25) is 5.91 Å². The molecule has 1 amide bonds. The van der Waals surface area contributed by atoms with E-state index in [1.54, 1.807) is 7.11 Å². The molecule has 1 N–H and O–H groups in total. The molecule has 2 aliphatic carbocycles. The number of rotatable bonds is 4. The maximum Gasteiger partial charge on any atom is 0.307 e. The number of carbonyl (C=O) groups excluding carboxylic acids is 1. The van der Waals surface area contributed by atoms with Crippen LogP contribution in [0.15, 0.2) is 24.3 Å². The number of hydrogen-bond acceptors (Lipinski definition) is 4. The zero-order valence-electron chi connectivity index (χ0n) is 15.1. The fourth-order valence-corrected chi connectivity index (χ4v) is 5.19. The summed E-state index contributed by atoms with van der Waals surface area (Å²) >= 11 is 0. The predicted octanol–water partition coefficient (Wildman–Crippen LogP) is 2.09. The Kier molecular flexibility index (Phi) is 4.51. The van der Waals surface area contributed by atoms with E-state index >= 15 is 0 Å². The smallest absolute Gasteiger partial charge is 0.307 e. The van der Waals surface area contributed by atoms with Crippen molar-refractivity contribution in [3.63, 3.8) is 0 Å². The number of carboxylic acid groups (broad SMARTS) is 1. The van der Waals surface area contributed by atoms with E-state index in [1.807, 2.05) is 29.2 Å². The van der Waals surface area contributed by atoms with E-state index in [1.165, 1.54) is 0 Å². The van der Waals surface area contributed by atoms with Gasteiger partial charge in [-0.2, -0.15) is 0 Å². The Labute approximate surface area is 153 Å². The van der Waals surface area contributed by atoms with Gasteiger partial charge in [0.25, 0.3) is 0 Å². The van der Waals surface area contributed by atoms with Gasteiger partial charge >= 0.3 is 5.97 Å². The molecule has 1 saturated heterocycles. The largest absolute Gasteiger partial charge is 0.497 e. The van der Waals surface area contributed by atoms with Gasteiger partial charge in [0.1, 0.15) is 5.75 Å². The van der Waals surface area contributed by atoms with E-state index in [4.69, 9.17) is 4.74 Å². The molecule has 0 radical (unpaired) electrons. The molecule has 6 nitrogen and oxygen atoms in total. The van der Waals surface area contributed by atoms with Crippen molar-refractivity contribution in [3.8, 4) is 5.75 Å². The van der Waals surface area contributed by atoms with Crippen LogP contribution in [0.4, 0.5) is 5.69 Å². The summed E-state index contributed by atoms with van der Waals surface area (Å²) in [7, 11) is 1.65. The minimum Gasteiger partial charge on any atom is -0.497 e. The lowest BCUT2D eigenvalue weighted by atomic mass is 9.78. The third kappa shape index (κ3) is 2.91. The van der Waals surface area contributed by atoms with E-state index in [0.29, 0.717) is 13.1 Å². The SMILES string of the molecule is COc1ccc(N2CCN(C(=O)[C@H]3[C@H]4CC[C@@H](C4)[C@@H]3C(=O)O)CC2)cc1. The van der Waals surface area contributed by atoms with Gasteiger partial charge in [0, 0.05) is 31.9 Å². The molecule has 2 saturated carbocycles. The highest BCUT2D eigenvalue weighted by Gasteiger charge is 2.54.